The van der Waals surface area contributed by atoms with Gasteiger partial charge in [-0.15, -0.1) is 0 Å². The zero-order chi connectivity index (χ0) is 17.3. The van der Waals surface area contributed by atoms with Crippen molar-refractivity contribution in [2.24, 2.45) is 40.4 Å². The fraction of sp³-hybridized carbons (Fsp3) is 1.00. The summed E-state index contributed by atoms with van der Waals surface area (Å²) in [6.45, 7) is 9.12. The monoisotopic (exact) mass is 334 g/mol. The third-order valence-electron chi connectivity index (χ3n) is 9.69. The van der Waals surface area contributed by atoms with Crippen molar-refractivity contribution in [1.82, 2.24) is 0 Å². The van der Waals surface area contributed by atoms with Gasteiger partial charge < -0.3 is 10.2 Å². The van der Waals surface area contributed by atoms with Gasteiger partial charge in [0, 0.05) is 0 Å². The maximum absolute atomic E-state index is 11.4. The van der Waals surface area contributed by atoms with Crippen LogP contribution in [0.2, 0.25) is 0 Å². The smallest absolute Gasteiger partial charge is 0.0916 e. The highest BCUT2D eigenvalue weighted by molar-refractivity contribution is 5.17. The van der Waals surface area contributed by atoms with E-state index in [4.69, 9.17) is 0 Å². The molecule has 0 heterocycles. The van der Waals surface area contributed by atoms with Crippen molar-refractivity contribution in [1.29, 1.82) is 0 Å². The number of fused-ring (bicyclic) bond motifs is 5. The van der Waals surface area contributed by atoms with Gasteiger partial charge >= 0.3 is 0 Å². The summed E-state index contributed by atoms with van der Waals surface area (Å²) in [5, 5.41) is 22.3. The molecule has 0 spiro atoms. The molecular formula is C22H38O2. The normalized spacial score (nSPS) is 60.2. The number of hydrogen-bond acceptors (Lipinski definition) is 2. The largest absolute Gasteiger partial charge is 0.390 e. The summed E-state index contributed by atoms with van der Waals surface area (Å²) in [7, 11) is 0. The molecule has 4 aliphatic carbocycles. The number of aliphatic hydroxyl groups excluding tert-OH is 1. The van der Waals surface area contributed by atoms with Crippen LogP contribution in [0.15, 0.2) is 0 Å². The Morgan fingerprint density at radius 3 is 2.38 bits per heavy atom. The van der Waals surface area contributed by atoms with Gasteiger partial charge in [-0.2, -0.15) is 0 Å². The molecule has 0 radical (unpaired) electrons. The van der Waals surface area contributed by atoms with Gasteiger partial charge in [-0.25, -0.2) is 0 Å². The van der Waals surface area contributed by atoms with Crippen molar-refractivity contribution in [3.63, 3.8) is 0 Å². The van der Waals surface area contributed by atoms with Gasteiger partial charge in [0.1, 0.15) is 0 Å². The minimum Gasteiger partial charge on any atom is -0.390 e. The van der Waals surface area contributed by atoms with Crippen molar-refractivity contribution in [3.05, 3.63) is 0 Å². The Labute approximate surface area is 148 Å². The predicted octanol–water partition coefficient (Wildman–Crippen LogP) is 4.78. The van der Waals surface area contributed by atoms with Crippen LogP contribution in [0.4, 0.5) is 0 Å². The maximum atomic E-state index is 11.4. The lowest BCUT2D eigenvalue weighted by atomic mass is 9.44. The SMILES string of the molecule is CC[C@H]1C(O)C(C)(O)[C@H]2[C@@H]3CCC4CCCC[C@]4(C)[C@H]3CC[C@@]21C. The Hall–Kier alpha value is -0.0800. The van der Waals surface area contributed by atoms with E-state index in [1.54, 1.807) is 0 Å². The van der Waals surface area contributed by atoms with Crippen LogP contribution < -0.4 is 0 Å². The van der Waals surface area contributed by atoms with Gasteiger partial charge in [-0.3, -0.25) is 0 Å². The minimum absolute atomic E-state index is 0.122. The van der Waals surface area contributed by atoms with Crippen LogP contribution >= 0.6 is 0 Å². The molecule has 4 aliphatic rings. The van der Waals surface area contributed by atoms with E-state index in [0.717, 1.165) is 18.3 Å². The molecule has 3 unspecified atom stereocenters. The van der Waals surface area contributed by atoms with E-state index in [9.17, 15) is 10.2 Å². The van der Waals surface area contributed by atoms with Crippen LogP contribution in [0.5, 0.6) is 0 Å². The molecule has 24 heavy (non-hydrogen) atoms. The van der Waals surface area contributed by atoms with E-state index in [1.807, 2.05) is 6.92 Å². The molecule has 2 heteroatoms. The molecular weight excluding hydrogens is 296 g/mol. The molecule has 0 amide bonds. The maximum Gasteiger partial charge on any atom is 0.0916 e. The van der Waals surface area contributed by atoms with Gasteiger partial charge in [0.25, 0.3) is 0 Å². The zero-order valence-corrected chi connectivity index (χ0v) is 16.2. The zero-order valence-electron chi connectivity index (χ0n) is 16.2. The van der Waals surface area contributed by atoms with Gasteiger partial charge in [-0.1, -0.05) is 40.0 Å². The molecule has 0 aliphatic heterocycles. The molecule has 4 fully saturated rings. The second-order valence-electron chi connectivity index (χ2n) is 10.5. The second kappa shape index (κ2) is 5.46. The van der Waals surface area contributed by atoms with E-state index >= 15 is 0 Å². The van der Waals surface area contributed by atoms with Crippen molar-refractivity contribution in [2.75, 3.05) is 0 Å². The molecule has 9 atom stereocenters. The average molecular weight is 335 g/mol. The first-order valence-electron chi connectivity index (χ1n) is 10.7. The summed E-state index contributed by atoms with van der Waals surface area (Å²) in [6.07, 6.45) is 11.2. The van der Waals surface area contributed by atoms with Crippen molar-refractivity contribution < 1.29 is 10.2 Å². The standard InChI is InChI=1S/C22H38O2/c1-5-16-19(23)22(4,24)18-15-10-9-14-8-6-7-12-20(14,2)17(15)11-13-21(16,18)3/h14-19,23-24H,5-13H2,1-4H3/t14?,15-,16+,17+,18+,19?,20+,21-,22?/m1/s1. The lowest BCUT2D eigenvalue weighted by Gasteiger charge is -2.61. The first-order chi connectivity index (χ1) is 11.3. The van der Waals surface area contributed by atoms with Crippen LogP contribution in [0, 0.1) is 40.4 Å². The molecule has 2 N–H and O–H groups in total. The van der Waals surface area contributed by atoms with Gasteiger partial charge in [0.05, 0.1) is 11.7 Å². The van der Waals surface area contributed by atoms with E-state index in [1.165, 1.54) is 51.4 Å². The third kappa shape index (κ3) is 2.02. The van der Waals surface area contributed by atoms with Crippen LogP contribution in [0.25, 0.3) is 0 Å². The van der Waals surface area contributed by atoms with E-state index < -0.39 is 11.7 Å². The Bertz CT molecular complexity index is 500. The van der Waals surface area contributed by atoms with E-state index in [-0.39, 0.29) is 17.3 Å². The van der Waals surface area contributed by atoms with E-state index in [2.05, 4.69) is 20.8 Å². The van der Waals surface area contributed by atoms with E-state index in [0.29, 0.717) is 11.3 Å². The Morgan fingerprint density at radius 2 is 1.67 bits per heavy atom. The van der Waals surface area contributed by atoms with Gasteiger partial charge in [0.15, 0.2) is 0 Å². The fourth-order valence-electron chi connectivity index (χ4n) is 8.69. The molecule has 0 aromatic rings. The molecule has 4 rings (SSSR count). The van der Waals surface area contributed by atoms with Crippen LogP contribution in [-0.2, 0) is 0 Å². The molecule has 0 bridgehead atoms. The second-order valence-corrected chi connectivity index (χ2v) is 10.5. The fourth-order valence-corrected chi connectivity index (χ4v) is 8.69. The lowest BCUT2D eigenvalue weighted by Crippen LogP contribution is -2.56. The van der Waals surface area contributed by atoms with Gasteiger partial charge in [0.2, 0.25) is 0 Å². The Morgan fingerprint density at radius 1 is 0.917 bits per heavy atom. The molecule has 0 aromatic carbocycles. The lowest BCUT2D eigenvalue weighted by molar-refractivity contribution is -0.158. The van der Waals surface area contributed by atoms with Crippen LogP contribution in [0.3, 0.4) is 0 Å². The minimum atomic E-state index is -0.906. The molecule has 138 valence electrons. The number of hydrogen-bond donors (Lipinski definition) is 2. The third-order valence-corrected chi connectivity index (χ3v) is 9.69. The summed E-state index contributed by atoms with van der Waals surface area (Å²) in [5.74, 6) is 2.84. The molecule has 0 saturated heterocycles. The van der Waals surface area contributed by atoms with Crippen LogP contribution in [-0.4, -0.2) is 21.9 Å². The van der Waals surface area contributed by atoms with Gasteiger partial charge in [-0.05, 0) is 85.9 Å². The summed E-state index contributed by atoms with van der Waals surface area (Å²) in [6, 6.07) is 0. The predicted molar refractivity (Wildman–Crippen MR) is 97.5 cm³/mol. The van der Waals surface area contributed by atoms with Crippen molar-refractivity contribution in [2.45, 2.75) is 97.2 Å². The highest BCUT2D eigenvalue weighted by Gasteiger charge is 2.68. The first-order valence-corrected chi connectivity index (χ1v) is 10.7. The molecule has 4 saturated carbocycles. The number of aliphatic hydroxyl groups is 2. The summed E-state index contributed by atoms with van der Waals surface area (Å²) in [4.78, 5) is 0. The highest BCUT2D eigenvalue weighted by atomic mass is 16.3. The topological polar surface area (TPSA) is 40.5 Å². The quantitative estimate of drug-likeness (QED) is 0.724. The van der Waals surface area contributed by atoms with Crippen molar-refractivity contribution in [3.8, 4) is 0 Å². The molecule has 2 nitrogen and oxygen atoms in total. The van der Waals surface area contributed by atoms with Crippen LogP contribution in [0.1, 0.15) is 85.5 Å². The summed E-state index contributed by atoms with van der Waals surface area (Å²) < 4.78 is 0. The Kier molecular flexibility index (Phi) is 3.94. The Balaban J connectivity index is 1.73. The summed E-state index contributed by atoms with van der Waals surface area (Å²) >= 11 is 0. The number of rotatable bonds is 1. The highest BCUT2D eigenvalue weighted by Crippen LogP contribution is 2.69. The van der Waals surface area contributed by atoms with Crippen molar-refractivity contribution >= 4 is 0 Å². The summed E-state index contributed by atoms with van der Waals surface area (Å²) in [5.41, 5.74) is -0.291. The molecule has 0 aromatic heterocycles. The first kappa shape index (κ1) is 17.3. The average Bonchev–Trinajstić information content (AvgIpc) is 2.69.